The molecule has 178 valence electrons. The van der Waals surface area contributed by atoms with Crippen LogP contribution in [0, 0.1) is 0 Å². The summed E-state index contributed by atoms with van der Waals surface area (Å²) >= 11 is 5.98. The summed E-state index contributed by atoms with van der Waals surface area (Å²) in [5.41, 5.74) is 1.95. The average molecular weight is 490 g/mol. The molecule has 0 unspecified atom stereocenters. The number of sulfonamides is 1. The van der Waals surface area contributed by atoms with Crippen molar-refractivity contribution in [2.24, 2.45) is 0 Å². The Bertz CT molecular complexity index is 1080. The van der Waals surface area contributed by atoms with Gasteiger partial charge in [0.1, 0.15) is 5.82 Å². The van der Waals surface area contributed by atoms with E-state index in [4.69, 9.17) is 11.6 Å². The molecule has 0 spiro atoms. The molecule has 1 heterocycles. The van der Waals surface area contributed by atoms with Gasteiger partial charge in [0, 0.05) is 10.6 Å². The number of H-pyrrole nitrogens is 1. The van der Waals surface area contributed by atoms with Crippen LogP contribution in [0.15, 0.2) is 54.6 Å². The van der Waals surface area contributed by atoms with E-state index in [1.807, 2.05) is 42.5 Å². The first-order chi connectivity index (χ1) is 15.9. The minimum atomic E-state index is -3.49. The summed E-state index contributed by atoms with van der Waals surface area (Å²) in [5.74, 6) is 1.08. The summed E-state index contributed by atoms with van der Waals surface area (Å²) in [6.45, 7) is 6.74. The van der Waals surface area contributed by atoms with Crippen LogP contribution in [0.5, 0.6) is 0 Å². The Hall–Kier alpha value is -2.26. The van der Waals surface area contributed by atoms with Crippen LogP contribution >= 0.6 is 11.6 Å². The van der Waals surface area contributed by atoms with E-state index >= 15 is 0 Å². The minimum Gasteiger partial charge on any atom is -0.304 e. The molecule has 2 N–H and O–H groups in total. The van der Waals surface area contributed by atoms with Crippen LogP contribution in [0.4, 0.5) is 0 Å². The smallest absolute Gasteiger partial charge is 0.212 e. The zero-order chi connectivity index (χ0) is 23.7. The first kappa shape index (κ1) is 25.4. The Morgan fingerprint density at radius 2 is 1.76 bits per heavy atom. The monoisotopic (exact) mass is 489 g/mol. The van der Waals surface area contributed by atoms with Gasteiger partial charge in [-0.3, -0.25) is 5.10 Å². The molecule has 0 amide bonds. The van der Waals surface area contributed by atoms with Gasteiger partial charge in [-0.1, -0.05) is 55.8 Å². The standard InChI is InChI=1S/C24H32ClN5O2S/c1-3-30(4-2)17-8-18-33(31,32)29-22(16-11-19-9-6-5-7-10-19)24-26-23(27-28-24)20-12-14-21(25)15-13-20/h5-7,9-10,12-15,22,29H,3-4,8,11,16-18H2,1-2H3,(H,26,27,28)/t22-/m1/s1. The van der Waals surface area contributed by atoms with Crippen LogP contribution in [-0.4, -0.2) is 53.9 Å². The zero-order valence-corrected chi connectivity index (χ0v) is 20.7. The van der Waals surface area contributed by atoms with Gasteiger partial charge in [-0.15, -0.1) is 0 Å². The predicted octanol–water partition coefficient (Wildman–Crippen LogP) is 4.45. The maximum Gasteiger partial charge on any atom is 0.212 e. The second kappa shape index (κ2) is 12.3. The van der Waals surface area contributed by atoms with E-state index in [0.29, 0.717) is 35.9 Å². The van der Waals surface area contributed by atoms with Gasteiger partial charge < -0.3 is 4.90 Å². The summed E-state index contributed by atoms with van der Waals surface area (Å²) in [7, 11) is -3.49. The molecule has 3 rings (SSSR count). The van der Waals surface area contributed by atoms with E-state index in [-0.39, 0.29) is 5.75 Å². The average Bonchev–Trinajstić information content (AvgIpc) is 3.31. The fraction of sp³-hybridized carbons (Fsp3) is 0.417. The molecule has 3 aromatic rings. The van der Waals surface area contributed by atoms with Crippen molar-refractivity contribution in [3.8, 4) is 11.4 Å². The summed E-state index contributed by atoms with van der Waals surface area (Å²) < 4.78 is 28.6. The zero-order valence-electron chi connectivity index (χ0n) is 19.2. The van der Waals surface area contributed by atoms with Gasteiger partial charge in [0.25, 0.3) is 0 Å². The van der Waals surface area contributed by atoms with E-state index in [9.17, 15) is 8.42 Å². The number of hydrogen-bond donors (Lipinski definition) is 2. The van der Waals surface area contributed by atoms with Gasteiger partial charge >= 0.3 is 0 Å². The molecule has 2 aromatic carbocycles. The third-order valence-corrected chi connectivity index (χ3v) is 7.33. The highest BCUT2D eigenvalue weighted by Crippen LogP contribution is 2.22. The Morgan fingerprint density at radius 3 is 2.42 bits per heavy atom. The van der Waals surface area contributed by atoms with Crippen molar-refractivity contribution in [1.29, 1.82) is 0 Å². The lowest BCUT2D eigenvalue weighted by molar-refractivity contribution is 0.304. The number of benzene rings is 2. The van der Waals surface area contributed by atoms with Crippen molar-refractivity contribution in [2.45, 2.75) is 39.2 Å². The lowest BCUT2D eigenvalue weighted by Gasteiger charge is -2.19. The SMILES string of the molecule is CCN(CC)CCCS(=O)(=O)N[C@H](CCc1ccccc1)c1nc(-c2ccc(Cl)cc2)n[nH]1. The van der Waals surface area contributed by atoms with E-state index in [1.165, 1.54) is 0 Å². The number of aromatic amines is 1. The molecule has 9 heteroatoms. The van der Waals surface area contributed by atoms with Gasteiger partial charge in [0.2, 0.25) is 10.0 Å². The summed E-state index contributed by atoms with van der Waals surface area (Å²) in [6, 6.07) is 16.7. The van der Waals surface area contributed by atoms with Gasteiger partial charge in [-0.2, -0.15) is 5.10 Å². The van der Waals surface area contributed by atoms with Crippen molar-refractivity contribution in [1.82, 2.24) is 24.8 Å². The lowest BCUT2D eigenvalue weighted by atomic mass is 10.1. The van der Waals surface area contributed by atoms with Crippen molar-refractivity contribution in [3.05, 3.63) is 71.0 Å². The largest absolute Gasteiger partial charge is 0.304 e. The number of nitrogens with one attached hydrogen (secondary N) is 2. The minimum absolute atomic E-state index is 0.0729. The molecular formula is C24H32ClN5O2S. The van der Waals surface area contributed by atoms with Crippen molar-refractivity contribution < 1.29 is 8.42 Å². The lowest BCUT2D eigenvalue weighted by Crippen LogP contribution is -2.33. The van der Waals surface area contributed by atoms with Crippen molar-refractivity contribution >= 4 is 21.6 Å². The number of nitrogens with zero attached hydrogens (tertiary/aromatic N) is 3. The second-order valence-electron chi connectivity index (χ2n) is 7.95. The molecule has 7 nitrogen and oxygen atoms in total. The molecule has 1 aromatic heterocycles. The Balaban J connectivity index is 1.74. The van der Waals surface area contributed by atoms with E-state index in [0.717, 1.165) is 30.8 Å². The fourth-order valence-electron chi connectivity index (χ4n) is 3.66. The number of aryl methyl sites for hydroxylation is 1. The highest BCUT2D eigenvalue weighted by atomic mass is 35.5. The quantitative estimate of drug-likeness (QED) is 0.370. The number of aromatic nitrogens is 3. The molecule has 0 aliphatic carbocycles. The summed E-state index contributed by atoms with van der Waals surface area (Å²) in [4.78, 5) is 6.82. The maximum absolute atomic E-state index is 12.9. The van der Waals surface area contributed by atoms with Crippen LogP contribution in [-0.2, 0) is 16.4 Å². The number of hydrogen-bond acceptors (Lipinski definition) is 5. The van der Waals surface area contributed by atoms with E-state index < -0.39 is 16.1 Å². The molecule has 0 fully saturated rings. The molecule has 1 atom stereocenters. The Morgan fingerprint density at radius 1 is 1.06 bits per heavy atom. The Labute approximate surface area is 201 Å². The number of rotatable bonds is 13. The van der Waals surface area contributed by atoms with Gasteiger partial charge in [0.05, 0.1) is 11.8 Å². The molecule has 0 radical (unpaired) electrons. The molecule has 0 bridgehead atoms. The number of halogens is 1. The first-order valence-electron chi connectivity index (χ1n) is 11.3. The molecule has 0 saturated carbocycles. The summed E-state index contributed by atoms with van der Waals surface area (Å²) in [6.07, 6.45) is 1.85. The van der Waals surface area contributed by atoms with Crippen LogP contribution in [0.3, 0.4) is 0 Å². The molecular weight excluding hydrogens is 458 g/mol. The van der Waals surface area contributed by atoms with Gasteiger partial charge in [-0.25, -0.2) is 18.1 Å². The highest BCUT2D eigenvalue weighted by Gasteiger charge is 2.23. The van der Waals surface area contributed by atoms with Crippen molar-refractivity contribution in [3.63, 3.8) is 0 Å². The van der Waals surface area contributed by atoms with Crippen LogP contribution in [0.1, 0.15) is 44.1 Å². The van der Waals surface area contributed by atoms with Crippen molar-refractivity contribution in [2.75, 3.05) is 25.4 Å². The van der Waals surface area contributed by atoms with E-state index in [1.54, 1.807) is 12.1 Å². The molecule has 0 saturated heterocycles. The van der Waals surface area contributed by atoms with Gasteiger partial charge in [0.15, 0.2) is 5.82 Å². The van der Waals surface area contributed by atoms with Gasteiger partial charge in [-0.05, 0) is 68.7 Å². The maximum atomic E-state index is 12.9. The normalized spacial score (nSPS) is 12.8. The third kappa shape index (κ3) is 7.92. The van der Waals surface area contributed by atoms with E-state index in [2.05, 4.69) is 38.7 Å². The molecule has 0 aliphatic heterocycles. The topological polar surface area (TPSA) is 91.0 Å². The third-order valence-electron chi connectivity index (χ3n) is 5.60. The first-order valence-corrected chi connectivity index (χ1v) is 13.4. The molecule has 33 heavy (non-hydrogen) atoms. The van der Waals surface area contributed by atoms with Crippen LogP contribution < -0.4 is 4.72 Å². The highest BCUT2D eigenvalue weighted by molar-refractivity contribution is 7.89. The Kier molecular flexibility index (Phi) is 9.43. The summed E-state index contributed by atoms with van der Waals surface area (Å²) in [5, 5.41) is 7.88. The predicted molar refractivity (Wildman–Crippen MR) is 134 cm³/mol. The molecule has 0 aliphatic rings. The second-order valence-corrected chi connectivity index (χ2v) is 10.3. The fourth-order valence-corrected chi connectivity index (χ4v) is 5.07. The van der Waals surface area contributed by atoms with Crippen LogP contribution in [0.2, 0.25) is 5.02 Å². The van der Waals surface area contributed by atoms with Crippen LogP contribution in [0.25, 0.3) is 11.4 Å².